The maximum atomic E-state index is 13.1. The van der Waals surface area contributed by atoms with Crippen LogP contribution in [-0.4, -0.2) is 35.7 Å². The summed E-state index contributed by atoms with van der Waals surface area (Å²) < 4.78 is 65.2. The Labute approximate surface area is 193 Å². The maximum Gasteiger partial charge on any atom is 0.262 e. The third-order valence-corrected chi connectivity index (χ3v) is 7.30. The van der Waals surface area contributed by atoms with Gasteiger partial charge in [0.1, 0.15) is 6.67 Å². The van der Waals surface area contributed by atoms with E-state index in [1.165, 1.54) is 44.2 Å². The van der Waals surface area contributed by atoms with Gasteiger partial charge in [-0.05, 0) is 55.1 Å². The number of carbonyl (C=O) groups excluding carboxylic acids is 1. The van der Waals surface area contributed by atoms with E-state index >= 15 is 0 Å². The number of hydrogen-bond acceptors (Lipinski definition) is 5. The fourth-order valence-electron chi connectivity index (χ4n) is 3.18. The molecule has 0 radical (unpaired) electrons. The van der Waals surface area contributed by atoms with E-state index in [-0.39, 0.29) is 16.3 Å². The molecule has 0 aromatic heterocycles. The van der Waals surface area contributed by atoms with Crippen molar-refractivity contribution in [3.05, 3.63) is 66.2 Å². The maximum absolute atomic E-state index is 13.1. The number of fused-ring (bicyclic) bond motifs is 1. The molecule has 2 N–H and O–H groups in total. The molecule has 0 spiro atoms. The van der Waals surface area contributed by atoms with Crippen LogP contribution >= 0.6 is 0 Å². The second kappa shape index (κ2) is 9.11. The van der Waals surface area contributed by atoms with E-state index in [4.69, 9.17) is 0 Å². The molecule has 0 aliphatic carbocycles. The van der Waals surface area contributed by atoms with Crippen LogP contribution < -0.4 is 10.0 Å². The van der Waals surface area contributed by atoms with Gasteiger partial charge in [-0.15, -0.1) is 0 Å². The fraction of sp³-hybridized carbons (Fsp3) is 0.261. The number of sulfonamides is 1. The number of carbonyl (C=O) groups is 1. The molecule has 1 amide bonds. The van der Waals surface area contributed by atoms with Gasteiger partial charge in [0.2, 0.25) is 5.91 Å². The molecule has 176 valence electrons. The lowest BCUT2D eigenvalue weighted by atomic mass is 9.94. The zero-order valence-electron chi connectivity index (χ0n) is 18.4. The average molecular weight is 493 g/mol. The van der Waals surface area contributed by atoms with E-state index in [9.17, 15) is 26.0 Å². The summed E-state index contributed by atoms with van der Waals surface area (Å²) in [6, 6.07) is 15.6. The number of alkyl halides is 1. The van der Waals surface area contributed by atoms with Gasteiger partial charge in [-0.2, -0.15) is 0 Å². The minimum atomic E-state index is -4.00. The molecule has 3 rings (SSSR count). The van der Waals surface area contributed by atoms with Crippen molar-refractivity contribution in [3.8, 4) is 0 Å². The van der Waals surface area contributed by atoms with Gasteiger partial charge in [0.05, 0.1) is 16.1 Å². The molecule has 0 bridgehead atoms. The second-order valence-electron chi connectivity index (χ2n) is 8.49. The van der Waals surface area contributed by atoms with Crippen molar-refractivity contribution in [1.82, 2.24) is 0 Å². The molecule has 0 fully saturated rings. The first-order valence-electron chi connectivity index (χ1n) is 10.0. The predicted molar refractivity (Wildman–Crippen MR) is 128 cm³/mol. The van der Waals surface area contributed by atoms with Crippen LogP contribution in [0.5, 0.6) is 0 Å². The van der Waals surface area contributed by atoms with Gasteiger partial charge < -0.3 is 5.32 Å². The van der Waals surface area contributed by atoms with Crippen molar-refractivity contribution in [3.63, 3.8) is 0 Å². The van der Waals surface area contributed by atoms with Crippen molar-refractivity contribution in [2.75, 3.05) is 23.0 Å². The van der Waals surface area contributed by atoms with Crippen LogP contribution in [0.4, 0.5) is 15.8 Å². The lowest BCUT2D eigenvalue weighted by Crippen LogP contribution is -2.32. The van der Waals surface area contributed by atoms with Crippen molar-refractivity contribution in [2.45, 2.75) is 24.5 Å². The minimum absolute atomic E-state index is 0.0115. The van der Waals surface area contributed by atoms with Crippen molar-refractivity contribution in [2.24, 2.45) is 5.41 Å². The second-order valence-corrected chi connectivity index (χ2v) is 12.3. The summed E-state index contributed by atoms with van der Waals surface area (Å²) in [6.45, 7) is 2.15. The SMILES string of the molecule is CC(C)(CF)C(=O)Nc1ccc(NS(=O)(=O)c2cccc3c(CS(C)(=O)=O)cccc23)cc1. The van der Waals surface area contributed by atoms with E-state index in [0.717, 1.165) is 6.26 Å². The number of amides is 1. The van der Waals surface area contributed by atoms with Gasteiger partial charge in [0.15, 0.2) is 9.84 Å². The molecular formula is C23H25FN2O5S2. The molecule has 3 aromatic rings. The molecule has 0 saturated heterocycles. The normalized spacial score (nSPS) is 12.5. The highest BCUT2D eigenvalue weighted by atomic mass is 32.2. The van der Waals surface area contributed by atoms with E-state index < -0.39 is 37.9 Å². The highest BCUT2D eigenvalue weighted by molar-refractivity contribution is 7.93. The van der Waals surface area contributed by atoms with Gasteiger partial charge in [0.25, 0.3) is 10.0 Å². The van der Waals surface area contributed by atoms with Crippen molar-refractivity contribution in [1.29, 1.82) is 0 Å². The minimum Gasteiger partial charge on any atom is -0.326 e. The van der Waals surface area contributed by atoms with Gasteiger partial charge >= 0.3 is 0 Å². The summed E-state index contributed by atoms with van der Waals surface area (Å²) in [5, 5.41) is 3.55. The number of nitrogens with one attached hydrogen (secondary N) is 2. The Hall–Kier alpha value is -2.98. The molecule has 7 nitrogen and oxygen atoms in total. The molecule has 33 heavy (non-hydrogen) atoms. The third kappa shape index (κ3) is 5.88. The first-order valence-corrected chi connectivity index (χ1v) is 13.6. The first-order chi connectivity index (χ1) is 15.3. The van der Waals surface area contributed by atoms with Crippen LogP contribution in [-0.2, 0) is 30.4 Å². The molecule has 10 heteroatoms. The van der Waals surface area contributed by atoms with E-state index in [2.05, 4.69) is 10.0 Å². The van der Waals surface area contributed by atoms with Gasteiger partial charge in [0, 0.05) is 23.0 Å². The Morgan fingerprint density at radius 3 is 2.06 bits per heavy atom. The van der Waals surface area contributed by atoms with E-state index in [0.29, 0.717) is 22.0 Å². The standard InChI is InChI=1S/C23H25FN2O5S2/c1-23(2,15-24)22(27)25-17-10-12-18(13-11-17)26-33(30,31)21-9-5-7-19-16(14-32(3,28)29)6-4-8-20(19)21/h4-13,26H,14-15H2,1-3H3,(H,25,27). The molecular weight excluding hydrogens is 467 g/mol. The van der Waals surface area contributed by atoms with Gasteiger partial charge in [-0.25, -0.2) is 21.2 Å². The lowest BCUT2D eigenvalue weighted by Gasteiger charge is -2.19. The van der Waals surface area contributed by atoms with E-state index in [1.807, 2.05) is 0 Å². The van der Waals surface area contributed by atoms with Crippen molar-refractivity contribution >= 4 is 47.9 Å². The Morgan fingerprint density at radius 1 is 0.879 bits per heavy atom. The summed E-state index contributed by atoms with van der Waals surface area (Å²) in [7, 11) is -7.31. The number of sulfone groups is 1. The first kappa shape index (κ1) is 24.7. The zero-order valence-corrected chi connectivity index (χ0v) is 20.1. The summed E-state index contributed by atoms with van der Waals surface area (Å²) in [5.41, 5.74) is 0.00959. The van der Waals surface area contributed by atoms with Gasteiger partial charge in [-0.3, -0.25) is 9.52 Å². The average Bonchev–Trinajstić information content (AvgIpc) is 2.73. The van der Waals surface area contributed by atoms with Crippen LogP contribution in [0.15, 0.2) is 65.6 Å². The van der Waals surface area contributed by atoms with Crippen LogP contribution in [0.1, 0.15) is 19.4 Å². The fourth-order valence-corrected chi connectivity index (χ4v) is 5.28. The monoisotopic (exact) mass is 492 g/mol. The Balaban J connectivity index is 1.88. The van der Waals surface area contributed by atoms with Crippen LogP contribution in [0, 0.1) is 5.41 Å². The highest BCUT2D eigenvalue weighted by Gasteiger charge is 2.27. The number of halogens is 1. The highest BCUT2D eigenvalue weighted by Crippen LogP contribution is 2.29. The van der Waals surface area contributed by atoms with Gasteiger partial charge in [-0.1, -0.05) is 30.3 Å². The number of hydrogen-bond donors (Lipinski definition) is 2. The number of anilines is 2. The zero-order chi connectivity index (χ0) is 24.4. The Kier molecular flexibility index (Phi) is 6.80. The Morgan fingerprint density at radius 2 is 1.45 bits per heavy atom. The van der Waals surface area contributed by atoms with Crippen LogP contribution in [0.3, 0.4) is 0 Å². The number of benzene rings is 3. The topological polar surface area (TPSA) is 109 Å². The molecule has 3 aromatic carbocycles. The number of rotatable bonds is 8. The molecule has 0 atom stereocenters. The Bertz CT molecular complexity index is 1400. The lowest BCUT2D eigenvalue weighted by molar-refractivity contribution is -0.124. The van der Waals surface area contributed by atoms with Crippen molar-refractivity contribution < 1.29 is 26.0 Å². The summed E-state index contributed by atoms with van der Waals surface area (Å²) >= 11 is 0. The van der Waals surface area contributed by atoms with Crippen LogP contribution in [0.25, 0.3) is 10.8 Å². The molecule has 0 unspecified atom stereocenters. The summed E-state index contributed by atoms with van der Waals surface area (Å²) in [6.07, 6.45) is 1.12. The molecule has 0 aliphatic heterocycles. The summed E-state index contributed by atoms with van der Waals surface area (Å²) in [4.78, 5) is 12.1. The molecule has 0 aliphatic rings. The van der Waals surface area contributed by atoms with Crippen LogP contribution in [0.2, 0.25) is 0 Å². The largest absolute Gasteiger partial charge is 0.326 e. The third-order valence-electron chi connectivity index (χ3n) is 5.02. The molecule has 0 saturated carbocycles. The molecule has 0 heterocycles. The predicted octanol–water partition coefficient (Wildman–Crippen LogP) is 4.12. The smallest absolute Gasteiger partial charge is 0.262 e. The quantitative estimate of drug-likeness (QED) is 0.492. The summed E-state index contributed by atoms with van der Waals surface area (Å²) in [5.74, 6) is -0.688. The van der Waals surface area contributed by atoms with E-state index in [1.54, 1.807) is 30.3 Å².